The summed E-state index contributed by atoms with van der Waals surface area (Å²) in [5, 5.41) is 0. The number of halogens is 1. The summed E-state index contributed by atoms with van der Waals surface area (Å²) in [7, 11) is 3.02. The maximum Gasteiger partial charge on any atom is 0.309 e. The molecule has 0 N–H and O–H groups in total. The van der Waals surface area contributed by atoms with Crippen LogP contribution >= 0.6 is 15.9 Å². The second-order valence-corrected chi connectivity index (χ2v) is 3.97. The fourth-order valence-corrected chi connectivity index (χ4v) is 1.60. The number of methoxy groups -OCH3 is 2. The van der Waals surface area contributed by atoms with E-state index in [0.29, 0.717) is 13.0 Å². The van der Waals surface area contributed by atoms with Crippen LogP contribution in [0.3, 0.4) is 0 Å². The Labute approximate surface area is 97.5 Å². The lowest BCUT2D eigenvalue weighted by atomic mass is 10.1. The van der Waals surface area contributed by atoms with E-state index in [2.05, 4.69) is 20.7 Å². The summed E-state index contributed by atoms with van der Waals surface area (Å²) < 4.78 is 10.6. The standard InChI is InChI=1S/C11H13BrO3/c1-14-7-9-5-8(3-4-10(9)12)6-11(13)15-2/h3-5H,6-7H2,1-2H3. The number of carbonyl (C=O) groups excluding carboxylic acids is 1. The highest BCUT2D eigenvalue weighted by atomic mass is 79.9. The molecular formula is C11H13BrO3. The van der Waals surface area contributed by atoms with Crippen LogP contribution in [0.25, 0.3) is 0 Å². The van der Waals surface area contributed by atoms with Gasteiger partial charge in [-0.3, -0.25) is 4.79 Å². The first-order valence-electron chi connectivity index (χ1n) is 4.50. The topological polar surface area (TPSA) is 35.5 Å². The fraction of sp³-hybridized carbons (Fsp3) is 0.364. The van der Waals surface area contributed by atoms with Crippen LogP contribution in [-0.4, -0.2) is 20.2 Å². The molecule has 1 rings (SSSR count). The Bertz CT molecular complexity index is 350. The van der Waals surface area contributed by atoms with Crippen molar-refractivity contribution in [3.63, 3.8) is 0 Å². The lowest BCUT2D eigenvalue weighted by Gasteiger charge is -2.06. The van der Waals surface area contributed by atoms with Gasteiger partial charge in [0, 0.05) is 11.6 Å². The highest BCUT2D eigenvalue weighted by Gasteiger charge is 2.05. The van der Waals surface area contributed by atoms with E-state index in [4.69, 9.17) is 4.74 Å². The predicted molar refractivity (Wildman–Crippen MR) is 60.6 cm³/mol. The summed E-state index contributed by atoms with van der Waals surface area (Å²) in [6, 6.07) is 5.73. The summed E-state index contributed by atoms with van der Waals surface area (Å²) in [5.41, 5.74) is 1.95. The maximum atomic E-state index is 11.1. The molecule has 0 unspecified atom stereocenters. The predicted octanol–water partition coefficient (Wildman–Crippen LogP) is 2.31. The molecule has 0 aliphatic rings. The monoisotopic (exact) mass is 272 g/mol. The third-order valence-corrected chi connectivity index (χ3v) is 2.76. The second kappa shape index (κ2) is 5.88. The molecule has 0 spiro atoms. The third-order valence-electron chi connectivity index (χ3n) is 1.99. The molecule has 0 amide bonds. The van der Waals surface area contributed by atoms with Crippen molar-refractivity contribution in [2.75, 3.05) is 14.2 Å². The van der Waals surface area contributed by atoms with Crippen molar-refractivity contribution in [2.45, 2.75) is 13.0 Å². The van der Waals surface area contributed by atoms with Crippen LogP contribution in [0.4, 0.5) is 0 Å². The Morgan fingerprint density at radius 3 is 2.73 bits per heavy atom. The van der Waals surface area contributed by atoms with Crippen molar-refractivity contribution in [1.29, 1.82) is 0 Å². The zero-order chi connectivity index (χ0) is 11.3. The van der Waals surface area contributed by atoms with Crippen LogP contribution in [0.2, 0.25) is 0 Å². The molecule has 15 heavy (non-hydrogen) atoms. The molecule has 0 saturated carbocycles. The third kappa shape index (κ3) is 3.64. The van der Waals surface area contributed by atoms with Gasteiger partial charge >= 0.3 is 5.97 Å². The molecule has 4 heteroatoms. The first-order chi connectivity index (χ1) is 7.17. The Hall–Kier alpha value is -0.870. The smallest absolute Gasteiger partial charge is 0.309 e. The van der Waals surface area contributed by atoms with Crippen LogP contribution in [0.5, 0.6) is 0 Å². The summed E-state index contributed by atoms with van der Waals surface area (Å²) >= 11 is 3.42. The highest BCUT2D eigenvalue weighted by Crippen LogP contribution is 2.19. The van der Waals surface area contributed by atoms with Crippen molar-refractivity contribution >= 4 is 21.9 Å². The summed E-state index contributed by atoms with van der Waals surface area (Å²) in [4.78, 5) is 11.1. The van der Waals surface area contributed by atoms with Crippen LogP contribution in [0.1, 0.15) is 11.1 Å². The van der Waals surface area contributed by atoms with E-state index < -0.39 is 0 Å². The van der Waals surface area contributed by atoms with Crippen molar-refractivity contribution < 1.29 is 14.3 Å². The molecule has 0 fully saturated rings. The van der Waals surface area contributed by atoms with Gasteiger partial charge in [0.2, 0.25) is 0 Å². The molecule has 1 aromatic rings. The molecule has 3 nitrogen and oxygen atoms in total. The van der Waals surface area contributed by atoms with Gasteiger partial charge in [-0.15, -0.1) is 0 Å². The summed E-state index contributed by atoms with van der Waals surface area (Å²) in [6.07, 6.45) is 0.292. The van der Waals surface area contributed by atoms with Gasteiger partial charge in [0.05, 0.1) is 20.1 Å². The molecule has 1 aromatic carbocycles. The van der Waals surface area contributed by atoms with Crippen molar-refractivity contribution in [3.8, 4) is 0 Å². The molecule has 0 aromatic heterocycles. The zero-order valence-corrected chi connectivity index (χ0v) is 10.3. The highest BCUT2D eigenvalue weighted by molar-refractivity contribution is 9.10. The minimum Gasteiger partial charge on any atom is -0.469 e. The van der Waals surface area contributed by atoms with Gasteiger partial charge in [-0.05, 0) is 17.2 Å². The van der Waals surface area contributed by atoms with Gasteiger partial charge in [0.1, 0.15) is 0 Å². The van der Waals surface area contributed by atoms with Gasteiger partial charge < -0.3 is 9.47 Å². The Balaban J connectivity index is 2.82. The molecule has 82 valence electrons. The average Bonchev–Trinajstić information content (AvgIpc) is 2.23. The van der Waals surface area contributed by atoms with Crippen molar-refractivity contribution in [1.82, 2.24) is 0 Å². The molecular weight excluding hydrogens is 260 g/mol. The van der Waals surface area contributed by atoms with E-state index in [0.717, 1.165) is 15.6 Å². The molecule has 0 heterocycles. The average molecular weight is 273 g/mol. The molecule has 0 bridgehead atoms. The number of benzene rings is 1. The lowest BCUT2D eigenvalue weighted by molar-refractivity contribution is -0.139. The van der Waals surface area contributed by atoms with E-state index in [1.165, 1.54) is 7.11 Å². The van der Waals surface area contributed by atoms with Gasteiger partial charge in [0.15, 0.2) is 0 Å². The van der Waals surface area contributed by atoms with E-state index in [-0.39, 0.29) is 5.97 Å². The molecule has 0 aliphatic heterocycles. The van der Waals surface area contributed by atoms with Crippen LogP contribution < -0.4 is 0 Å². The number of esters is 1. The Kier molecular flexibility index (Phi) is 4.78. The summed E-state index contributed by atoms with van der Waals surface area (Å²) in [5.74, 6) is -0.235. The van der Waals surface area contributed by atoms with Crippen molar-refractivity contribution in [2.24, 2.45) is 0 Å². The minimum atomic E-state index is -0.235. The van der Waals surface area contributed by atoms with Gasteiger partial charge in [-0.2, -0.15) is 0 Å². The quantitative estimate of drug-likeness (QED) is 0.790. The van der Waals surface area contributed by atoms with Crippen LogP contribution in [0, 0.1) is 0 Å². The zero-order valence-electron chi connectivity index (χ0n) is 8.75. The number of rotatable bonds is 4. The SMILES string of the molecule is COCc1cc(CC(=O)OC)ccc1Br. The minimum absolute atomic E-state index is 0.235. The van der Waals surface area contributed by atoms with Gasteiger partial charge in [-0.25, -0.2) is 0 Å². The fourth-order valence-electron chi connectivity index (χ4n) is 1.24. The molecule has 0 aliphatic carbocycles. The van der Waals surface area contributed by atoms with E-state index in [1.807, 2.05) is 18.2 Å². The molecule has 0 atom stereocenters. The largest absolute Gasteiger partial charge is 0.469 e. The molecule has 0 radical (unpaired) electrons. The van der Waals surface area contributed by atoms with Crippen molar-refractivity contribution in [3.05, 3.63) is 33.8 Å². The van der Waals surface area contributed by atoms with E-state index >= 15 is 0 Å². The number of hydrogen-bond donors (Lipinski definition) is 0. The Morgan fingerprint density at radius 1 is 1.40 bits per heavy atom. The summed E-state index contributed by atoms with van der Waals surface area (Å²) in [6.45, 7) is 0.523. The second-order valence-electron chi connectivity index (χ2n) is 3.11. The lowest BCUT2D eigenvalue weighted by Crippen LogP contribution is -2.05. The van der Waals surface area contributed by atoms with Gasteiger partial charge in [-0.1, -0.05) is 28.1 Å². The first-order valence-corrected chi connectivity index (χ1v) is 5.29. The van der Waals surface area contributed by atoms with Gasteiger partial charge in [0.25, 0.3) is 0 Å². The van der Waals surface area contributed by atoms with E-state index in [9.17, 15) is 4.79 Å². The number of hydrogen-bond acceptors (Lipinski definition) is 3. The normalized spacial score (nSPS) is 10.1. The Morgan fingerprint density at radius 2 is 2.13 bits per heavy atom. The first kappa shape index (κ1) is 12.2. The molecule has 0 saturated heterocycles. The van der Waals surface area contributed by atoms with Crippen LogP contribution in [-0.2, 0) is 27.3 Å². The van der Waals surface area contributed by atoms with Crippen LogP contribution in [0.15, 0.2) is 22.7 Å². The number of carbonyl (C=O) groups is 1. The maximum absolute atomic E-state index is 11.1. The number of ether oxygens (including phenoxy) is 2. The van der Waals surface area contributed by atoms with E-state index in [1.54, 1.807) is 7.11 Å².